The monoisotopic (exact) mass is 574 g/mol. The van der Waals surface area contributed by atoms with Crippen LogP contribution in [0.1, 0.15) is 20.7 Å². The molecular formula is C27H34N4O10. The lowest BCUT2D eigenvalue weighted by Crippen LogP contribution is -2.47. The van der Waals surface area contributed by atoms with Crippen LogP contribution in [0.4, 0.5) is 4.79 Å². The zero-order chi connectivity index (χ0) is 29.7. The number of hydrogen-bond donors (Lipinski definition) is 2. The number of benzene rings is 2. The Bertz CT molecular complexity index is 1270. The third-order valence-corrected chi connectivity index (χ3v) is 6.96. The van der Waals surface area contributed by atoms with E-state index in [1.54, 1.807) is 36.4 Å². The highest BCUT2D eigenvalue weighted by molar-refractivity contribution is 5.98. The molecule has 2 aromatic rings. The SMILES string of the molecule is COc1ccc(C(=O)CN2CCN(OC(=O)N3CCN(CC(=O)c4ccc(OC)c(OC)c4)C3O)C2O)cc1OC. The number of methoxy groups -OCH3 is 4. The van der Waals surface area contributed by atoms with Gasteiger partial charge in [-0.05, 0) is 36.4 Å². The Morgan fingerprint density at radius 1 is 0.683 bits per heavy atom. The third kappa shape index (κ3) is 6.52. The lowest BCUT2D eigenvalue weighted by atomic mass is 10.1. The van der Waals surface area contributed by atoms with Crippen LogP contribution in [0.2, 0.25) is 0 Å². The van der Waals surface area contributed by atoms with Crippen molar-refractivity contribution in [1.29, 1.82) is 0 Å². The van der Waals surface area contributed by atoms with Gasteiger partial charge in [0.1, 0.15) is 0 Å². The maximum atomic E-state index is 12.8. The molecule has 2 unspecified atom stereocenters. The van der Waals surface area contributed by atoms with Gasteiger partial charge in [0.15, 0.2) is 47.3 Å². The van der Waals surface area contributed by atoms with Crippen molar-refractivity contribution in [1.82, 2.24) is 19.8 Å². The van der Waals surface area contributed by atoms with Crippen molar-refractivity contribution >= 4 is 17.7 Å². The first-order valence-electron chi connectivity index (χ1n) is 12.8. The summed E-state index contributed by atoms with van der Waals surface area (Å²) in [5, 5.41) is 22.4. The number of amides is 1. The van der Waals surface area contributed by atoms with Crippen LogP contribution in [0.5, 0.6) is 23.0 Å². The van der Waals surface area contributed by atoms with Gasteiger partial charge >= 0.3 is 6.09 Å². The summed E-state index contributed by atoms with van der Waals surface area (Å²) in [6.07, 6.45) is -3.68. The molecule has 0 aromatic heterocycles. The molecule has 2 atom stereocenters. The zero-order valence-electron chi connectivity index (χ0n) is 23.3. The molecule has 14 heteroatoms. The van der Waals surface area contributed by atoms with Gasteiger partial charge in [-0.1, -0.05) is 5.06 Å². The van der Waals surface area contributed by atoms with Gasteiger partial charge in [-0.15, -0.1) is 0 Å². The summed E-state index contributed by atoms with van der Waals surface area (Å²) in [5.41, 5.74) is 0.729. The maximum absolute atomic E-state index is 12.8. The van der Waals surface area contributed by atoms with E-state index in [0.717, 1.165) is 9.96 Å². The summed E-state index contributed by atoms with van der Waals surface area (Å²) < 4.78 is 20.9. The summed E-state index contributed by atoms with van der Waals surface area (Å²) in [6, 6.07) is 9.52. The minimum Gasteiger partial charge on any atom is -0.493 e. The lowest BCUT2D eigenvalue weighted by molar-refractivity contribution is -0.215. The van der Waals surface area contributed by atoms with Crippen LogP contribution in [0.25, 0.3) is 0 Å². The summed E-state index contributed by atoms with van der Waals surface area (Å²) in [5.74, 6) is 1.20. The normalized spacial score (nSPS) is 19.7. The number of hydrogen-bond acceptors (Lipinski definition) is 13. The largest absolute Gasteiger partial charge is 0.493 e. The molecule has 2 N–H and O–H groups in total. The second-order valence-electron chi connectivity index (χ2n) is 9.31. The number of Topliss-reactive ketones (excluding diaryl/α,β-unsaturated/α-hetero) is 2. The molecule has 41 heavy (non-hydrogen) atoms. The second-order valence-corrected chi connectivity index (χ2v) is 9.31. The molecule has 1 amide bonds. The number of hydroxylamine groups is 2. The van der Waals surface area contributed by atoms with E-state index in [0.29, 0.717) is 34.1 Å². The zero-order valence-corrected chi connectivity index (χ0v) is 23.3. The topological polar surface area (TPSA) is 151 Å². The van der Waals surface area contributed by atoms with Crippen molar-refractivity contribution in [2.45, 2.75) is 12.7 Å². The van der Waals surface area contributed by atoms with Gasteiger partial charge < -0.3 is 34.0 Å². The van der Waals surface area contributed by atoms with E-state index in [1.807, 2.05) is 0 Å². The standard InChI is InChI=1S/C27H34N4O10/c1-37-21-7-5-17(13-23(21)39-3)19(32)15-28-9-11-30(25(28)34)27(36)41-31-12-10-29(26(31)35)16-20(33)18-6-8-22(38-2)24(14-18)40-4/h5-8,13-14,25-26,34-35H,9-12,15-16H2,1-4H3. The molecule has 4 rings (SSSR count). The van der Waals surface area contributed by atoms with Crippen molar-refractivity contribution in [2.75, 3.05) is 67.7 Å². The number of carbonyl (C=O) groups is 3. The predicted octanol–water partition coefficient (Wildman–Crippen LogP) is 0.625. The number of nitrogens with zero attached hydrogens (tertiary/aromatic N) is 4. The van der Waals surface area contributed by atoms with Gasteiger partial charge in [0, 0.05) is 30.8 Å². The van der Waals surface area contributed by atoms with Gasteiger partial charge in [0.05, 0.1) is 48.1 Å². The molecule has 2 saturated heterocycles. The van der Waals surface area contributed by atoms with Crippen LogP contribution in [-0.4, -0.2) is 128 Å². The maximum Gasteiger partial charge on any atom is 0.432 e. The molecule has 0 radical (unpaired) electrons. The quantitative estimate of drug-likeness (QED) is 0.361. The number of aliphatic hydroxyl groups excluding tert-OH is 2. The van der Waals surface area contributed by atoms with E-state index in [9.17, 15) is 24.6 Å². The third-order valence-electron chi connectivity index (χ3n) is 6.96. The summed E-state index contributed by atoms with van der Waals surface area (Å²) >= 11 is 0. The fraction of sp³-hybridized carbons (Fsp3) is 0.444. The molecule has 2 fully saturated rings. The smallest absolute Gasteiger partial charge is 0.432 e. The fourth-order valence-corrected chi connectivity index (χ4v) is 4.63. The second kappa shape index (κ2) is 13.1. The molecular weight excluding hydrogens is 540 g/mol. The Kier molecular flexibility index (Phi) is 9.62. The van der Waals surface area contributed by atoms with Crippen molar-refractivity contribution in [2.24, 2.45) is 0 Å². The van der Waals surface area contributed by atoms with Gasteiger partial charge in [-0.3, -0.25) is 24.3 Å². The van der Waals surface area contributed by atoms with Gasteiger partial charge in [-0.2, -0.15) is 0 Å². The van der Waals surface area contributed by atoms with E-state index in [1.165, 1.54) is 38.2 Å². The summed E-state index contributed by atoms with van der Waals surface area (Å²) in [7, 11) is 5.92. The Morgan fingerprint density at radius 2 is 1.15 bits per heavy atom. The minimum absolute atomic E-state index is 0.102. The van der Waals surface area contributed by atoms with Crippen LogP contribution >= 0.6 is 0 Å². The predicted molar refractivity (Wildman–Crippen MR) is 143 cm³/mol. The number of ether oxygens (including phenoxy) is 4. The first-order chi connectivity index (χ1) is 19.7. The molecule has 2 heterocycles. The molecule has 14 nitrogen and oxygen atoms in total. The average molecular weight is 575 g/mol. The van der Waals surface area contributed by atoms with Gasteiger partial charge in [0.25, 0.3) is 0 Å². The van der Waals surface area contributed by atoms with E-state index >= 15 is 0 Å². The first kappa shape index (κ1) is 30.0. The number of aliphatic hydroxyl groups is 2. The van der Waals surface area contributed by atoms with Crippen molar-refractivity contribution in [3.63, 3.8) is 0 Å². The molecule has 2 aliphatic heterocycles. The molecule has 2 aromatic carbocycles. The van der Waals surface area contributed by atoms with E-state index in [2.05, 4.69) is 0 Å². The molecule has 0 aliphatic carbocycles. The average Bonchev–Trinajstić information content (AvgIpc) is 3.52. The Labute approximate surface area is 237 Å². The highest BCUT2D eigenvalue weighted by Crippen LogP contribution is 2.29. The number of carbonyl (C=O) groups excluding carboxylic acids is 3. The Balaban J connectivity index is 1.30. The Hall–Kier alpha value is -3.95. The molecule has 2 aliphatic rings. The van der Waals surface area contributed by atoms with Crippen LogP contribution < -0.4 is 18.9 Å². The summed E-state index contributed by atoms with van der Waals surface area (Å²) in [4.78, 5) is 47.7. The first-order valence-corrected chi connectivity index (χ1v) is 12.8. The number of rotatable bonds is 11. The highest BCUT2D eigenvalue weighted by atomic mass is 16.7. The van der Waals surface area contributed by atoms with E-state index < -0.39 is 18.8 Å². The highest BCUT2D eigenvalue weighted by Gasteiger charge is 2.40. The van der Waals surface area contributed by atoms with Crippen LogP contribution in [0, 0.1) is 0 Å². The number of ketones is 2. The van der Waals surface area contributed by atoms with Crippen LogP contribution in [-0.2, 0) is 4.84 Å². The van der Waals surface area contributed by atoms with E-state index in [4.69, 9.17) is 23.8 Å². The van der Waals surface area contributed by atoms with E-state index in [-0.39, 0.29) is 50.8 Å². The molecule has 222 valence electrons. The molecule has 0 bridgehead atoms. The van der Waals surface area contributed by atoms with Crippen molar-refractivity contribution in [3.05, 3.63) is 47.5 Å². The lowest BCUT2D eigenvalue weighted by Gasteiger charge is -2.28. The fourth-order valence-electron chi connectivity index (χ4n) is 4.63. The minimum atomic E-state index is -1.41. The van der Waals surface area contributed by atoms with Gasteiger partial charge in [0.2, 0.25) is 0 Å². The van der Waals surface area contributed by atoms with Crippen LogP contribution in [0.15, 0.2) is 36.4 Å². The van der Waals surface area contributed by atoms with Gasteiger partial charge in [-0.25, -0.2) is 4.79 Å². The van der Waals surface area contributed by atoms with Crippen molar-refractivity contribution < 1.29 is 48.4 Å². The van der Waals surface area contributed by atoms with Crippen LogP contribution in [0.3, 0.4) is 0 Å². The summed E-state index contributed by atoms with van der Waals surface area (Å²) in [6.45, 7) is 0.426. The molecule has 0 spiro atoms. The van der Waals surface area contributed by atoms with Crippen molar-refractivity contribution in [3.8, 4) is 23.0 Å². The Morgan fingerprint density at radius 3 is 1.63 bits per heavy atom. The molecule has 0 saturated carbocycles.